The molecular formula is C19H22BrF2N3O2Si. The highest BCUT2D eigenvalue weighted by Gasteiger charge is 2.19. The van der Waals surface area contributed by atoms with E-state index in [1.165, 1.54) is 6.07 Å². The molecule has 0 amide bonds. The largest absolute Gasteiger partial charge is 0.434 e. The predicted molar refractivity (Wildman–Crippen MR) is 111 cm³/mol. The van der Waals surface area contributed by atoms with Gasteiger partial charge in [0.15, 0.2) is 5.65 Å². The zero-order valence-corrected chi connectivity index (χ0v) is 18.5. The van der Waals surface area contributed by atoms with Crippen molar-refractivity contribution in [3.63, 3.8) is 0 Å². The first kappa shape index (κ1) is 20.9. The Morgan fingerprint density at radius 1 is 1.21 bits per heavy atom. The molecule has 0 spiro atoms. The molecule has 0 radical (unpaired) electrons. The maximum Gasteiger partial charge on any atom is 0.387 e. The number of halogens is 3. The lowest BCUT2D eigenvalue weighted by molar-refractivity contribution is -0.0494. The van der Waals surface area contributed by atoms with Gasteiger partial charge in [-0.1, -0.05) is 31.8 Å². The minimum Gasteiger partial charge on any atom is -0.434 e. The summed E-state index contributed by atoms with van der Waals surface area (Å²) in [6.45, 7) is 4.84. The van der Waals surface area contributed by atoms with Crippen molar-refractivity contribution in [1.29, 1.82) is 0 Å². The van der Waals surface area contributed by atoms with E-state index in [4.69, 9.17) is 4.74 Å². The van der Waals surface area contributed by atoms with Gasteiger partial charge in [-0.15, -0.1) is 0 Å². The van der Waals surface area contributed by atoms with Gasteiger partial charge >= 0.3 is 6.61 Å². The van der Waals surface area contributed by atoms with Crippen LogP contribution in [0, 0.1) is 0 Å². The molecule has 0 aliphatic rings. The molecule has 0 aliphatic carbocycles. The van der Waals surface area contributed by atoms with Gasteiger partial charge in [0, 0.05) is 36.3 Å². The van der Waals surface area contributed by atoms with E-state index in [1.54, 1.807) is 29.1 Å². The smallest absolute Gasteiger partial charge is 0.387 e. The van der Waals surface area contributed by atoms with Gasteiger partial charge in [0.05, 0.1) is 0 Å². The molecule has 28 heavy (non-hydrogen) atoms. The first-order valence-electron chi connectivity index (χ1n) is 8.88. The molecule has 2 aromatic heterocycles. The van der Waals surface area contributed by atoms with Crippen LogP contribution in [-0.2, 0) is 11.5 Å². The minimum absolute atomic E-state index is 0.0728. The average Bonchev–Trinajstić information content (AvgIpc) is 2.95. The number of pyridine rings is 1. The van der Waals surface area contributed by atoms with Crippen LogP contribution < -0.4 is 4.74 Å². The van der Waals surface area contributed by atoms with Crippen molar-refractivity contribution in [2.75, 3.05) is 6.61 Å². The zero-order chi connectivity index (χ0) is 20.3. The highest BCUT2D eigenvalue weighted by atomic mass is 79.9. The number of aromatic nitrogens is 3. The van der Waals surface area contributed by atoms with Crippen molar-refractivity contribution in [1.82, 2.24) is 14.8 Å². The van der Waals surface area contributed by atoms with Crippen molar-refractivity contribution in [3.05, 3.63) is 41.0 Å². The SMILES string of the molecule is C[Si](C)(C)CCOCn1nc(-c2ccccc2OC(F)F)c2cc(Br)cnc21. The second-order valence-corrected chi connectivity index (χ2v) is 14.1. The van der Waals surface area contributed by atoms with E-state index in [0.717, 1.165) is 15.9 Å². The molecule has 0 fully saturated rings. The van der Waals surface area contributed by atoms with Crippen LogP contribution in [0.15, 0.2) is 41.0 Å². The molecule has 0 bridgehead atoms. The summed E-state index contributed by atoms with van der Waals surface area (Å²) >= 11 is 3.42. The number of ether oxygens (including phenoxy) is 2. The first-order valence-corrected chi connectivity index (χ1v) is 13.4. The van der Waals surface area contributed by atoms with Crippen LogP contribution in [0.2, 0.25) is 25.7 Å². The Kier molecular flexibility index (Phi) is 6.46. The van der Waals surface area contributed by atoms with E-state index in [2.05, 4.69) is 50.4 Å². The van der Waals surface area contributed by atoms with Crippen LogP contribution in [-0.4, -0.2) is 36.1 Å². The number of nitrogens with zero attached hydrogens (tertiary/aromatic N) is 3. The van der Waals surface area contributed by atoms with E-state index in [9.17, 15) is 8.78 Å². The van der Waals surface area contributed by atoms with Crippen LogP contribution >= 0.6 is 15.9 Å². The molecule has 0 saturated carbocycles. The van der Waals surface area contributed by atoms with E-state index < -0.39 is 14.7 Å². The molecule has 0 saturated heterocycles. The predicted octanol–water partition coefficient (Wildman–Crippen LogP) is 5.77. The number of fused-ring (bicyclic) bond motifs is 1. The van der Waals surface area contributed by atoms with E-state index >= 15 is 0 Å². The molecule has 0 N–H and O–H groups in total. The topological polar surface area (TPSA) is 49.2 Å². The van der Waals surface area contributed by atoms with E-state index in [1.807, 2.05) is 6.07 Å². The summed E-state index contributed by atoms with van der Waals surface area (Å²) in [5.41, 5.74) is 1.63. The Bertz CT molecular complexity index is 960. The number of para-hydroxylation sites is 1. The monoisotopic (exact) mass is 469 g/mol. The van der Waals surface area contributed by atoms with Crippen molar-refractivity contribution in [2.24, 2.45) is 0 Å². The summed E-state index contributed by atoms with van der Waals surface area (Å²) < 4.78 is 38.6. The highest BCUT2D eigenvalue weighted by molar-refractivity contribution is 9.10. The second kappa shape index (κ2) is 8.67. The zero-order valence-electron chi connectivity index (χ0n) is 16.0. The standard InChI is InChI=1S/C19H22BrF2N3O2Si/c1-28(2,3)9-8-26-12-25-18-15(10-13(20)11-23-18)17(24-25)14-6-4-5-7-16(14)27-19(21)22/h4-7,10-11,19H,8-9,12H2,1-3H3. The number of benzene rings is 1. The van der Waals surface area contributed by atoms with Crippen molar-refractivity contribution >= 4 is 35.0 Å². The van der Waals surface area contributed by atoms with Gasteiger partial charge in [0.2, 0.25) is 0 Å². The Balaban J connectivity index is 1.97. The second-order valence-electron chi connectivity index (χ2n) is 7.60. The molecule has 0 aliphatic heterocycles. The molecule has 3 rings (SSSR count). The third-order valence-corrected chi connectivity index (χ3v) is 6.26. The molecule has 2 heterocycles. The molecule has 0 atom stereocenters. The third-order valence-electron chi connectivity index (χ3n) is 4.12. The lowest BCUT2D eigenvalue weighted by atomic mass is 10.1. The minimum atomic E-state index is -2.91. The first-order chi connectivity index (χ1) is 13.2. The van der Waals surface area contributed by atoms with Crippen LogP contribution in [0.5, 0.6) is 5.75 Å². The maximum atomic E-state index is 12.8. The number of alkyl halides is 2. The summed E-state index contributed by atoms with van der Waals surface area (Å²) in [7, 11) is -1.19. The van der Waals surface area contributed by atoms with Gasteiger partial charge in [0.1, 0.15) is 18.2 Å². The van der Waals surface area contributed by atoms with Crippen LogP contribution in [0.3, 0.4) is 0 Å². The molecular weight excluding hydrogens is 448 g/mol. The van der Waals surface area contributed by atoms with Gasteiger partial charge in [-0.05, 0) is 40.2 Å². The molecule has 1 aromatic carbocycles. The molecule has 9 heteroatoms. The molecule has 0 unspecified atom stereocenters. The Morgan fingerprint density at radius 3 is 2.68 bits per heavy atom. The van der Waals surface area contributed by atoms with Crippen LogP contribution in [0.25, 0.3) is 22.3 Å². The van der Waals surface area contributed by atoms with Crippen molar-refractivity contribution in [3.8, 4) is 17.0 Å². The lowest BCUT2D eigenvalue weighted by Gasteiger charge is -2.15. The van der Waals surface area contributed by atoms with Gasteiger partial charge < -0.3 is 9.47 Å². The number of hydrogen-bond donors (Lipinski definition) is 0. The normalized spacial score (nSPS) is 12.1. The summed E-state index contributed by atoms with van der Waals surface area (Å²) in [5, 5.41) is 5.33. The third kappa shape index (κ3) is 5.15. The van der Waals surface area contributed by atoms with Crippen LogP contribution in [0.4, 0.5) is 8.78 Å². The van der Waals surface area contributed by atoms with E-state index in [0.29, 0.717) is 23.5 Å². The number of hydrogen-bond acceptors (Lipinski definition) is 4. The summed E-state index contributed by atoms with van der Waals surface area (Å²) in [5.74, 6) is 0.0728. The van der Waals surface area contributed by atoms with Crippen molar-refractivity contribution in [2.45, 2.75) is 39.0 Å². The average molecular weight is 470 g/mol. The quantitative estimate of drug-likeness (QED) is 0.310. The fourth-order valence-electron chi connectivity index (χ4n) is 2.71. The summed E-state index contributed by atoms with van der Waals surface area (Å²) in [4.78, 5) is 4.44. The van der Waals surface area contributed by atoms with Crippen molar-refractivity contribution < 1.29 is 18.3 Å². The van der Waals surface area contributed by atoms with Gasteiger partial charge in [0.25, 0.3) is 0 Å². The Morgan fingerprint density at radius 2 is 1.96 bits per heavy atom. The Labute approximate surface area is 171 Å². The summed E-state index contributed by atoms with van der Waals surface area (Å²) in [6.07, 6.45) is 1.67. The fourth-order valence-corrected chi connectivity index (χ4v) is 3.80. The fraction of sp³-hybridized carbons (Fsp3) is 0.368. The lowest BCUT2D eigenvalue weighted by Crippen LogP contribution is -2.22. The molecule has 3 aromatic rings. The maximum absolute atomic E-state index is 12.8. The molecule has 5 nitrogen and oxygen atoms in total. The van der Waals surface area contributed by atoms with E-state index in [-0.39, 0.29) is 12.5 Å². The number of rotatable bonds is 8. The van der Waals surface area contributed by atoms with Gasteiger partial charge in [-0.2, -0.15) is 13.9 Å². The van der Waals surface area contributed by atoms with Gasteiger partial charge in [-0.3, -0.25) is 0 Å². The summed E-state index contributed by atoms with van der Waals surface area (Å²) in [6, 6.07) is 9.52. The molecule has 150 valence electrons. The Hall–Kier alpha value is -1.84. The highest BCUT2D eigenvalue weighted by Crippen LogP contribution is 2.35. The van der Waals surface area contributed by atoms with Crippen LogP contribution in [0.1, 0.15) is 0 Å². The van der Waals surface area contributed by atoms with Gasteiger partial charge in [-0.25, -0.2) is 9.67 Å².